The molecule has 126 valence electrons. The number of nitrogens with zero attached hydrogens (tertiary/aromatic N) is 2. The maximum atomic E-state index is 12.0. The largest absolute Gasteiger partial charge is 0.476 e. The van der Waals surface area contributed by atoms with Crippen molar-refractivity contribution in [1.82, 2.24) is 9.97 Å². The van der Waals surface area contributed by atoms with E-state index in [0.29, 0.717) is 23.3 Å². The zero-order valence-corrected chi connectivity index (χ0v) is 14.6. The molecule has 0 amide bonds. The molecule has 0 aliphatic heterocycles. The average molecular weight is 367 g/mol. The molecule has 1 aliphatic rings. The highest BCUT2D eigenvalue weighted by molar-refractivity contribution is 6.30. The maximum absolute atomic E-state index is 12.0. The van der Waals surface area contributed by atoms with E-state index in [1.54, 1.807) is 31.2 Å². The molecule has 1 saturated carbocycles. The van der Waals surface area contributed by atoms with Crippen LogP contribution in [0.4, 0.5) is 0 Å². The average Bonchev–Trinajstić information content (AvgIpc) is 3.35. The highest BCUT2D eigenvalue weighted by Crippen LogP contribution is 2.47. The fraction of sp³-hybridized carbons (Fsp3) is 0.353. The van der Waals surface area contributed by atoms with E-state index >= 15 is 0 Å². The first-order valence-electron chi connectivity index (χ1n) is 7.63. The van der Waals surface area contributed by atoms with E-state index in [0.717, 1.165) is 18.4 Å². The molecule has 24 heavy (non-hydrogen) atoms. The van der Waals surface area contributed by atoms with Gasteiger partial charge >= 0.3 is 5.97 Å². The van der Waals surface area contributed by atoms with Gasteiger partial charge in [-0.15, -0.1) is 0 Å². The highest BCUT2D eigenvalue weighted by Gasteiger charge is 2.52. The summed E-state index contributed by atoms with van der Waals surface area (Å²) in [6.07, 6.45) is 1.52. The second-order valence-electron chi connectivity index (χ2n) is 5.65. The Kier molecular flexibility index (Phi) is 4.92. The molecule has 7 heteroatoms. The fourth-order valence-corrected chi connectivity index (χ4v) is 2.55. The van der Waals surface area contributed by atoms with Crippen LogP contribution in [-0.4, -0.2) is 29.2 Å². The van der Waals surface area contributed by atoms with Gasteiger partial charge in [-0.05, 0) is 44.0 Å². The van der Waals surface area contributed by atoms with E-state index < -0.39 is 5.41 Å². The van der Waals surface area contributed by atoms with Gasteiger partial charge in [-0.25, -0.2) is 4.98 Å². The Balaban J connectivity index is 1.75. The molecule has 0 spiro atoms. The van der Waals surface area contributed by atoms with E-state index in [9.17, 15) is 4.79 Å². The normalized spacial score (nSPS) is 15.0. The van der Waals surface area contributed by atoms with Crippen molar-refractivity contribution in [2.75, 3.05) is 13.2 Å². The van der Waals surface area contributed by atoms with Gasteiger partial charge in [0.15, 0.2) is 5.82 Å². The number of hydrogen-bond acceptors (Lipinski definition) is 5. The summed E-state index contributed by atoms with van der Waals surface area (Å²) in [4.78, 5) is 20.5. The number of halogens is 2. The van der Waals surface area contributed by atoms with Crippen LogP contribution in [0.3, 0.4) is 0 Å². The predicted octanol–water partition coefficient (Wildman–Crippen LogP) is 4.17. The van der Waals surface area contributed by atoms with Crippen molar-refractivity contribution in [3.63, 3.8) is 0 Å². The first-order valence-corrected chi connectivity index (χ1v) is 8.38. The lowest BCUT2D eigenvalue weighted by atomic mass is 10.1. The fourth-order valence-electron chi connectivity index (χ4n) is 2.25. The summed E-state index contributed by atoms with van der Waals surface area (Å²) in [7, 11) is 0. The first-order chi connectivity index (χ1) is 11.5. The van der Waals surface area contributed by atoms with Crippen molar-refractivity contribution < 1.29 is 14.3 Å². The summed E-state index contributed by atoms with van der Waals surface area (Å²) in [6, 6.07) is 8.64. The third kappa shape index (κ3) is 3.79. The van der Waals surface area contributed by atoms with Gasteiger partial charge in [-0.3, -0.25) is 4.79 Å². The number of carbonyl (C=O) groups is 1. The van der Waals surface area contributed by atoms with Crippen LogP contribution in [0.2, 0.25) is 10.2 Å². The third-order valence-electron chi connectivity index (χ3n) is 3.83. The minimum atomic E-state index is -0.548. The van der Waals surface area contributed by atoms with Gasteiger partial charge in [0.2, 0.25) is 5.88 Å². The molecular weight excluding hydrogens is 351 g/mol. The van der Waals surface area contributed by atoms with Crippen LogP contribution < -0.4 is 4.74 Å². The Bertz CT molecular complexity index is 746. The molecule has 2 aromatic rings. The number of aromatic nitrogens is 2. The Hall–Kier alpha value is -1.85. The van der Waals surface area contributed by atoms with Crippen molar-refractivity contribution in [2.24, 2.45) is 5.41 Å². The van der Waals surface area contributed by atoms with Gasteiger partial charge in [0.05, 0.1) is 6.61 Å². The number of benzene rings is 1. The molecule has 0 saturated heterocycles. The van der Waals surface area contributed by atoms with Crippen molar-refractivity contribution in [3.8, 4) is 17.3 Å². The van der Waals surface area contributed by atoms with E-state index in [1.165, 1.54) is 6.07 Å². The second kappa shape index (κ2) is 6.95. The summed E-state index contributed by atoms with van der Waals surface area (Å²) in [5.74, 6) is 0.550. The smallest absolute Gasteiger partial charge is 0.315 e. The first kappa shape index (κ1) is 17.0. The Morgan fingerprint density at radius 1 is 1.21 bits per heavy atom. The van der Waals surface area contributed by atoms with Crippen molar-refractivity contribution in [3.05, 3.63) is 40.5 Å². The topological polar surface area (TPSA) is 61.3 Å². The lowest BCUT2D eigenvalue weighted by Crippen LogP contribution is -2.26. The van der Waals surface area contributed by atoms with Crippen LogP contribution in [0, 0.1) is 5.41 Å². The van der Waals surface area contributed by atoms with Crippen LogP contribution in [-0.2, 0) is 9.53 Å². The second-order valence-corrected chi connectivity index (χ2v) is 6.47. The molecule has 1 aromatic heterocycles. The van der Waals surface area contributed by atoms with Crippen LogP contribution in [0.1, 0.15) is 19.8 Å². The molecular formula is C17H16Cl2N2O3. The van der Waals surface area contributed by atoms with E-state index in [1.807, 2.05) is 0 Å². The third-order valence-corrected chi connectivity index (χ3v) is 4.28. The maximum Gasteiger partial charge on any atom is 0.315 e. The van der Waals surface area contributed by atoms with Crippen LogP contribution in [0.5, 0.6) is 5.88 Å². The molecule has 1 heterocycles. The van der Waals surface area contributed by atoms with Gasteiger partial charge in [-0.2, -0.15) is 4.98 Å². The lowest BCUT2D eigenvalue weighted by molar-refractivity contribution is -0.150. The summed E-state index contributed by atoms with van der Waals surface area (Å²) < 4.78 is 10.8. The van der Waals surface area contributed by atoms with Crippen LogP contribution >= 0.6 is 23.2 Å². The SMILES string of the molecule is CCOC(=O)C1(COc2cc(Cl)nc(-c3ccc(Cl)cc3)n2)CC1. The number of esters is 1. The Morgan fingerprint density at radius 3 is 2.54 bits per heavy atom. The van der Waals surface area contributed by atoms with Gasteiger partial charge in [0, 0.05) is 16.7 Å². The molecule has 0 unspecified atom stereocenters. The zero-order chi connectivity index (χ0) is 17.2. The summed E-state index contributed by atoms with van der Waals surface area (Å²) in [5, 5.41) is 0.897. The van der Waals surface area contributed by atoms with Crippen molar-refractivity contribution in [2.45, 2.75) is 19.8 Å². The van der Waals surface area contributed by atoms with Crippen molar-refractivity contribution >= 4 is 29.2 Å². The lowest BCUT2D eigenvalue weighted by Gasteiger charge is -2.14. The van der Waals surface area contributed by atoms with Gasteiger partial charge in [0.1, 0.15) is 17.2 Å². The number of rotatable bonds is 6. The zero-order valence-electron chi connectivity index (χ0n) is 13.1. The number of carbonyl (C=O) groups excluding carboxylic acids is 1. The molecule has 1 fully saturated rings. The standard InChI is InChI=1S/C17H16Cl2N2O3/c1-2-23-16(22)17(7-8-17)10-24-14-9-13(19)20-15(21-14)11-3-5-12(18)6-4-11/h3-6,9H,2,7-8,10H2,1H3. The number of ether oxygens (including phenoxy) is 2. The Labute approximate surface area is 149 Å². The van der Waals surface area contributed by atoms with Crippen molar-refractivity contribution in [1.29, 1.82) is 0 Å². The van der Waals surface area contributed by atoms with Gasteiger partial charge in [0.25, 0.3) is 0 Å². The summed E-state index contributed by atoms with van der Waals surface area (Å²) >= 11 is 11.9. The summed E-state index contributed by atoms with van der Waals surface area (Å²) in [5.41, 5.74) is 0.228. The molecule has 0 radical (unpaired) electrons. The van der Waals surface area contributed by atoms with Crippen LogP contribution in [0.15, 0.2) is 30.3 Å². The van der Waals surface area contributed by atoms with E-state index in [-0.39, 0.29) is 17.7 Å². The van der Waals surface area contributed by atoms with Gasteiger partial charge in [-0.1, -0.05) is 23.2 Å². The summed E-state index contributed by atoms with van der Waals surface area (Å²) in [6.45, 7) is 2.37. The minimum absolute atomic E-state index is 0.219. The predicted molar refractivity (Wildman–Crippen MR) is 91.3 cm³/mol. The minimum Gasteiger partial charge on any atom is -0.476 e. The van der Waals surface area contributed by atoms with E-state index in [2.05, 4.69) is 9.97 Å². The monoisotopic (exact) mass is 366 g/mol. The Morgan fingerprint density at radius 2 is 1.92 bits per heavy atom. The molecule has 1 aromatic carbocycles. The molecule has 5 nitrogen and oxygen atoms in total. The molecule has 0 atom stereocenters. The quantitative estimate of drug-likeness (QED) is 0.566. The highest BCUT2D eigenvalue weighted by atomic mass is 35.5. The molecule has 0 N–H and O–H groups in total. The molecule has 1 aliphatic carbocycles. The molecule has 0 bridgehead atoms. The molecule has 3 rings (SSSR count). The van der Waals surface area contributed by atoms with Crippen LogP contribution in [0.25, 0.3) is 11.4 Å². The van der Waals surface area contributed by atoms with Gasteiger partial charge < -0.3 is 9.47 Å². The van der Waals surface area contributed by atoms with E-state index in [4.69, 9.17) is 32.7 Å². The number of hydrogen-bond donors (Lipinski definition) is 0.